The second kappa shape index (κ2) is 3.56. The van der Waals surface area contributed by atoms with Crippen LogP contribution in [-0.4, -0.2) is 7.11 Å². The molecule has 0 bridgehead atoms. The molecule has 0 radical (unpaired) electrons. The van der Waals surface area contributed by atoms with Gasteiger partial charge in [0.05, 0.1) is 13.4 Å². The fourth-order valence-electron chi connectivity index (χ4n) is 2.11. The summed E-state index contributed by atoms with van der Waals surface area (Å²) in [4.78, 5) is 0. The Morgan fingerprint density at radius 2 is 2.25 bits per heavy atom. The van der Waals surface area contributed by atoms with E-state index in [0.29, 0.717) is 0 Å². The van der Waals surface area contributed by atoms with Gasteiger partial charge in [-0.3, -0.25) is 0 Å². The zero-order valence-corrected chi connectivity index (χ0v) is 9.07. The summed E-state index contributed by atoms with van der Waals surface area (Å²) in [6.45, 7) is 0. The van der Waals surface area contributed by atoms with Crippen molar-refractivity contribution in [2.45, 2.75) is 6.42 Å². The van der Waals surface area contributed by atoms with Crippen molar-refractivity contribution in [3.63, 3.8) is 0 Å². The van der Waals surface area contributed by atoms with Crippen LogP contribution in [0.25, 0.3) is 17.4 Å². The Morgan fingerprint density at radius 3 is 3.00 bits per heavy atom. The minimum absolute atomic E-state index is 0.876. The molecular formula is C14H12O2. The van der Waals surface area contributed by atoms with E-state index in [0.717, 1.165) is 23.5 Å². The highest BCUT2D eigenvalue weighted by Gasteiger charge is 2.14. The SMILES string of the molecule is COc1cc(-c2ccco2)cc2c1CC=C2. The molecule has 2 aromatic rings. The predicted molar refractivity (Wildman–Crippen MR) is 63.4 cm³/mol. The van der Waals surface area contributed by atoms with Gasteiger partial charge in [0.1, 0.15) is 11.5 Å². The fraction of sp³-hybridized carbons (Fsp3) is 0.143. The zero-order chi connectivity index (χ0) is 11.0. The van der Waals surface area contributed by atoms with Crippen molar-refractivity contribution in [1.82, 2.24) is 0 Å². The molecule has 16 heavy (non-hydrogen) atoms. The normalized spacial score (nSPS) is 12.8. The molecule has 1 aliphatic carbocycles. The fourth-order valence-corrected chi connectivity index (χ4v) is 2.11. The molecule has 0 atom stereocenters. The van der Waals surface area contributed by atoms with E-state index in [-0.39, 0.29) is 0 Å². The van der Waals surface area contributed by atoms with Gasteiger partial charge in [-0.25, -0.2) is 0 Å². The number of rotatable bonds is 2. The lowest BCUT2D eigenvalue weighted by atomic mass is 10.0. The van der Waals surface area contributed by atoms with Crippen LogP contribution in [0.1, 0.15) is 11.1 Å². The van der Waals surface area contributed by atoms with E-state index >= 15 is 0 Å². The van der Waals surface area contributed by atoms with E-state index < -0.39 is 0 Å². The van der Waals surface area contributed by atoms with Crippen molar-refractivity contribution >= 4 is 6.08 Å². The van der Waals surface area contributed by atoms with Crippen LogP contribution in [0.3, 0.4) is 0 Å². The second-order valence-corrected chi connectivity index (χ2v) is 3.83. The predicted octanol–water partition coefficient (Wildman–Crippen LogP) is 3.52. The molecule has 0 unspecified atom stereocenters. The molecule has 0 fully saturated rings. The zero-order valence-electron chi connectivity index (χ0n) is 9.07. The molecule has 0 saturated heterocycles. The molecule has 0 spiro atoms. The van der Waals surface area contributed by atoms with Gasteiger partial charge in [0.25, 0.3) is 0 Å². The summed E-state index contributed by atoms with van der Waals surface area (Å²) in [6, 6.07) is 8.02. The molecule has 0 aliphatic heterocycles. The van der Waals surface area contributed by atoms with Crippen LogP contribution in [-0.2, 0) is 6.42 Å². The monoisotopic (exact) mass is 212 g/mol. The average molecular weight is 212 g/mol. The van der Waals surface area contributed by atoms with Crippen LogP contribution in [0.15, 0.2) is 41.0 Å². The van der Waals surface area contributed by atoms with Gasteiger partial charge in [0.15, 0.2) is 0 Å². The maximum absolute atomic E-state index is 5.41. The van der Waals surface area contributed by atoms with Crippen LogP contribution >= 0.6 is 0 Å². The molecule has 0 saturated carbocycles. The van der Waals surface area contributed by atoms with Gasteiger partial charge in [-0.1, -0.05) is 12.2 Å². The van der Waals surface area contributed by atoms with Crippen molar-refractivity contribution in [3.05, 3.63) is 47.7 Å². The quantitative estimate of drug-likeness (QED) is 0.759. The van der Waals surface area contributed by atoms with Crippen LogP contribution in [0.5, 0.6) is 5.75 Å². The standard InChI is InChI=1S/C14H12O2/c1-15-14-9-11(13-6-3-7-16-13)8-10-4-2-5-12(10)14/h2-4,6-9H,5H2,1H3. The van der Waals surface area contributed by atoms with Crippen LogP contribution < -0.4 is 4.74 Å². The highest BCUT2D eigenvalue weighted by atomic mass is 16.5. The molecular weight excluding hydrogens is 200 g/mol. The Labute approximate surface area is 94.2 Å². The van der Waals surface area contributed by atoms with E-state index in [2.05, 4.69) is 18.2 Å². The first-order chi connectivity index (χ1) is 7.88. The van der Waals surface area contributed by atoms with Gasteiger partial charge >= 0.3 is 0 Å². The smallest absolute Gasteiger partial charge is 0.134 e. The van der Waals surface area contributed by atoms with E-state index in [9.17, 15) is 0 Å². The highest BCUT2D eigenvalue weighted by Crippen LogP contribution is 2.34. The third kappa shape index (κ3) is 1.34. The number of fused-ring (bicyclic) bond motifs is 1. The topological polar surface area (TPSA) is 22.4 Å². The molecule has 0 N–H and O–H groups in total. The summed E-state index contributed by atoms with van der Waals surface area (Å²) >= 11 is 0. The van der Waals surface area contributed by atoms with E-state index in [1.807, 2.05) is 18.2 Å². The van der Waals surface area contributed by atoms with E-state index in [1.54, 1.807) is 13.4 Å². The summed E-state index contributed by atoms with van der Waals surface area (Å²) < 4.78 is 10.8. The summed E-state index contributed by atoms with van der Waals surface area (Å²) in [5.74, 6) is 1.82. The number of hydrogen-bond acceptors (Lipinski definition) is 2. The van der Waals surface area contributed by atoms with Gasteiger partial charge in [0, 0.05) is 11.1 Å². The van der Waals surface area contributed by atoms with Gasteiger partial charge in [-0.05, 0) is 36.2 Å². The van der Waals surface area contributed by atoms with Crippen LogP contribution in [0, 0.1) is 0 Å². The molecule has 0 amide bonds. The molecule has 2 heteroatoms. The highest BCUT2D eigenvalue weighted by molar-refractivity contribution is 5.72. The maximum Gasteiger partial charge on any atom is 0.134 e. The molecule has 1 aromatic heterocycles. The molecule has 2 nitrogen and oxygen atoms in total. The minimum Gasteiger partial charge on any atom is -0.496 e. The van der Waals surface area contributed by atoms with Gasteiger partial charge in [-0.2, -0.15) is 0 Å². The largest absolute Gasteiger partial charge is 0.496 e. The molecule has 1 heterocycles. The lowest BCUT2D eigenvalue weighted by Crippen LogP contribution is -1.92. The van der Waals surface area contributed by atoms with E-state index in [1.165, 1.54) is 11.1 Å². The average Bonchev–Trinajstić information content (AvgIpc) is 2.97. The Bertz CT molecular complexity index is 536. The molecule has 3 rings (SSSR count). The number of ether oxygens (including phenoxy) is 1. The molecule has 1 aromatic carbocycles. The van der Waals surface area contributed by atoms with Crippen molar-refractivity contribution in [2.75, 3.05) is 7.11 Å². The van der Waals surface area contributed by atoms with Crippen molar-refractivity contribution in [3.8, 4) is 17.1 Å². The summed E-state index contributed by atoms with van der Waals surface area (Å²) in [6.07, 6.45) is 6.92. The molecule has 1 aliphatic rings. The summed E-state index contributed by atoms with van der Waals surface area (Å²) in [7, 11) is 1.71. The van der Waals surface area contributed by atoms with Crippen LogP contribution in [0.2, 0.25) is 0 Å². The van der Waals surface area contributed by atoms with E-state index in [4.69, 9.17) is 9.15 Å². The Balaban J connectivity index is 2.17. The first kappa shape index (κ1) is 9.28. The van der Waals surface area contributed by atoms with Gasteiger partial charge in [-0.15, -0.1) is 0 Å². The Kier molecular flexibility index (Phi) is 2.07. The number of methoxy groups -OCH3 is 1. The van der Waals surface area contributed by atoms with Crippen molar-refractivity contribution < 1.29 is 9.15 Å². The van der Waals surface area contributed by atoms with Gasteiger partial charge < -0.3 is 9.15 Å². The summed E-state index contributed by atoms with van der Waals surface area (Å²) in [5, 5.41) is 0. The first-order valence-electron chi connectivity index (χ1n) is 5.30. The number of allylic oxidation sites excluding steroid dienone is 1. The third-order valence-corrected chi connectivity index (χ3v) is 2.89. The number of benzene rings is 1. The molecule has 80 valence electrons. The number of hydrogen-bond donors (Lipinski definition) is 0. The Hall–Kier alpha value is -1.96. The van der Waals surface area contributed by atoms with Crippen LogP contribution in [0.4, 0.5) is 0 Å². The van der Waals surface area contributed by atoms with Gasteiger partial charge in [0.2, 0.25) is 0 Å². The lowest BCUT2D eigenvalue weighted by Gasteiger charge is -2.09. The third-order valence-electron chi connectivity index (χ3n) is 2.89. The van der Waals surface area contributed by atoms with Crippen molar-refractivity contribution in [1.29, 1.82) is 0 Å². The maximum atomic E-state index is 5.41. The summed E-state index contributed by atoms with van der Waals surface area (Å²) in [5.41, 5.74) is 3.55. The lowest BCUT2D eigenvalue weighted by molar-refractivity contribution is 0.411. The number of furan rings is 1. The Morgan fingerprint density at radius 1 is 1.31 bits per heavy atom. The minimum atomic E-state index is 0.876. The van der Waals surface area contributed by atoms with Crippen molar-refractivity contribution in [2.24, 2.45) is 0 Å². The first-order valence-corrected chi connectivity index (χ1v) is 5.30. The second-order valence-electron chi connectivity index (χ2n) is 3.83.